The van der Waals surface area contributed by atoms with Gasteiger partial charge in [0.2, 0.25) is 0 Å². The molecule has 2 fully saturated rings. The van der Waals surface area contributed by atoms with Gasteiger partial charge in [-0.1, -0.05) is 0 Å². The zero-order valence-electron chi connectivity index (χ0n) is 20.5. The fraction of sp³-hybridized carbons (Fsp3) is 0.480. The van der Waals surface area contributed by atoms with E-state index in [1.165, 1.54) is 6.92 Å². The molecule has 2 saturated heterocycles. The Labute approximate surface area is 204 Å². The van der Waals surface area contributed by atoms with Gasteiger partial charge in [0.1, 0.15) is 23.4 Å². The second kappa shape index (κ2) is 12.1. The minimum atomic E-state index is -0.0646. The smallest absolute Gasteiger partial charge is 0.261 e. The summed E-state index contributed by atoms with van der Waals surface area (Å²) in [7, 11) is 1.77. The van der Waals surface area contributed by atoms with Crippen molar-refractivity contribution in [3.63, 3.8) is 0 Å². The first-order chi connectivity index (χ1) is 16.5. The van der Waals surface area contributed by atoms with Crippen LogP contribution in [0.15, 0.2) is 39.9 Å². The van der Waals surface area contributed by atoms with E-state index < -0.39 is 0 Å². The summed E-state index contributed by atoms with van der Waals surface area (Å²) in [6.07, 6.45) is 6.02. The molecule has 0 saturated carbocycles. The van der Waals surface area contributed by atoms with Gasteiger partial charge in [-0.25, -0.2) is 0 Å². The van der Waals surface area contributed by atoms with Crippen molar-refractivity contribution in [3.05, 3.63) is 46.8 Å². The molecule has 5 heterocycles. The lowest BCUT2D eigenvalue weighted by Gasteiger charge is -2.33. The molecular weight excluding hydrogens is 452 g/mol. The number of pyridine rings is 2. The van der Waals surface area contributed by atoms with Crippen LogP contribution in [0, 0.1) is 5.92 Å². The summed E-state index contributed by atoms with van der Waals surface area (Å²) in [5, 5.41) is 4.00. The third-order valence-electron chi connectivity index (χ3n) is 6.16. The second-order valence-corrected chi connectivity index (χ2v) is 8.76. The Bertz CT molecular complexity index is 1190. The molecule has 0 bridgehead atoms. The molecule has 2 aliphatic heterocycles. The van der Waals surface area contributed by atoms with E-state index in [4.69, 9.17) is 18.7 Å². The van der Waals surface area contributed by atoms with Gasteiger partial charge in [0.15, 0.2) is 0 Å². The molecule has 190 valence electrons. The molecule has 0 aromatic carbocycles. The summed E-state index contributed by atoms with van der Waals surface area (Å²) in [6.45, 7) is 9.23. The van der Waals surface area contributed by atoms with E-state index in [-0.39, 0.29) is 11.0 Å². The van der Waals surface area contributed by atoms with Gasteiger partial charge in [0, 0.05) is 62.2 Å². The minimum absolute atomic E-state index is 0. The summed E-state index contributed by atoms with van der Waals surface area (Å²) in [6, 6.07) is 4.22. The van der Waals surface area contributed by atoms with Crippen LogP contribution >= 0.6 is 0 Å². The number of piperazine rings is 1. The van der Waals surface area contributed by atoms with Gasteiger partial charge in [-0.05, 0) is 26.0 Å². The molecule has 3 aromatic heterocycles. The van der Waals surface area contributed by atoms with Crippen LogP contribution in [0.1, 0.15) is 19.6 Å². The zero-order chi connectivity index (χ0) is 24.1. The highest BCUT2D eigenvalue weighted by atomic mass is 16.5. The number of carbonyl (C=O) groups excluding carboxylic acids is 1. The number of nitrogens with zero attached hydrogens (tertiary/aromatic N) is 3. The molecule has 0 aliphatic carbocycles. The molecule has 3 N–H and O–H groups in total. The normalized spacial score (nSPS) is 18.2. The lowest BCUT2D eigenvalue weighted by atomic mass is 10.1. The fourth-order valence-electron chi connectivity index (χ4n) is 4.20. The molecule has 2 aliphatic rings. The fourth-order valence-corrected chi connectivity index (χ4v) is 4.20. The first-order valence-electron chi connectivity index (χ1n) is 11.6. The number of nitrogens with one attached hydrogen (secondary N) is 1. The van der Waals surface area contributed by atoms with Crippen LogP contribution in [-0.2, 0) is 23.1 Å². The van der Waals surface area contributed by atoms with Crippen LogP contribution in [-0.4, -0.2) is 71.7 Å². The SMILES string of the molecule is CC=O.C[C@@H]1CNCCN1Cc1cc2c(=O)n(C)cc(-c3ccncc3OCC3COC3)c2o1.O. The van der Waals surface area contributed by atoms with Gasteiger partial charge in [-0.2, -0.15) is 0 Å². The Morgan fingerprint density at radius 3 is 2.77 bits per heavy atom. The number of aldehydes is 1. The number of hydrogen-bond acceptors (Lipinski definition) is 8. The number of aromatic nitrogens is 2. The van der Waals surface area contributed by atoms with E-state index in [2.05, 4.69) is 22.1 Å². The Morgan fingerprint density at radius 2 is 2.09 bits per heavy atom. The highest BCUT2D eigenvalue weighted by molar-refractivity contribution is 5.93. The predicted molar refractivity (Wildman–Crippen MR) is 133 cm³/mol. The number of rotatable bonds is 6. The third-order valence-corrected chi connectivity index (χ3v) is 6.16. The van der Waals surface area contributed by atoms with Gasteiger partial charge < -0.3 is 34.0 Å². The molecular formula is C25H34N4O6. The van der Waals surface area contributed by atoms with Crippen LogP contribution in [0.4, 0.5) is 0 Å². The Morgan fingerprint density at radius 1 is 1.31 bits per heavy atom. The monoisotopic (exact) mass is 486 g/mol. The van der Waals surface area contributed by atoms with Gasteiger partial charge in [-0.15, -0.1) is 0 Å². The maximum Gasteiger partial charge on any atom is 0.261 e. The number of aryl methyl sites for hydroxylation is 1. The predicted octanol–water partition coefficient (Wildman–Crippen LogP) is 1.39. The molecule has 0 unspecified atom stereocenters. The Balaban J connectivity index is 0.000000815. The Kier molecular flexibility index (Phi) is 9.16. The van der Waals surface area contributed by atoms with Crippen LogP contribution < -0.4 is 15.6 Å². The zero-order valence-corrected chi connectivity index (χ0v) is 20.5. The van der Waals surface area contributed by atoms with Gasteiger partial charge in [0.05, 0.1) is 37.9 Å². The Hall–Kier alpha value is -3.05. The standard InChI is InChI=1S/C23H28N4O4.C2H4O.H2O/c1-15-8-25-5-6-27(15)10-17-7-19-22(31-17)20(11-26(2)23(19)28)18-3-4-24-9-21(18)30-14-16-12-29-13-16;1-2-3;/h3-4,7,9,11,15-16,25H,5-6,8,10,12-14H2,1-2H3;2H,1H3;1H2/t15-;;/m1../s1. The van der Waals surface area contributed by atoms with Crippen LogP contribution in [0.3, 0.4) is 0 Å². The molecule has 0 radical (unpaired) electrons. The van der Waals surface area contributed by atoms with E-state index in [1.54, 1.807) is 24.0 Å². The highest BCUT2D eigenvalue weighted by Crippen LogP contribution is 2.35. The largest absolute Gasteiger partial charge is 0.491 e. The number of carbonyl (C=O) groups is 1. The summed E-state index contributed by atoms with van der Waals surface area (Å²) >= 11 is 0. The summed E-state index contributed by atoms with van der Waals surface area (Å²) < 4.78 is 19.2. The van der Waals surface area contributed by atoms with Gasteiger partial charge in [0.25, 0.3) is 5.56 Å². The van der Waals surface area contributed by atoms with E-state index in [0.29, 0.717) is 41.8 Å². The summed E-state index contributed by atoms with van der Waals surface area (Å²) in [5.74, 6) is 1.89. The van der Waals surface area contributed by atoms with Crippen LogP contribution in [0.5, 0.6) is 5.75 Å². The first-order valence-corrected chi connectivity index (χ1v) is 11.6. The number of furan rings is 1. The third kappa shape index (κ3) is 5.96. The lowest BCUT2D eigenvalue weighted by molar-refractivity contribution is -0.106. The molecule has 1 atom stereocenters. The molecule has 35 heavy (non-hydrogen) atoms. The van der Waals surface area contributed by atoms with E-state index in [9.17, 15) is 4.79 Å². The second-order valence-electron chi connectivity index (χ2n) is 8.76. The van der Waals surface area contributed by atoms with Crippen LogP contribution in [0.25, 0.3) is 22.1 Å². The average molecular weight is 487 g/mol. The van der Waals surface area contributed by atoms with Gasteiger partial charge in [-0.3, -0.25) is 14.7 Å². The van der Waals surface area contributed by atoms with Crippen molar-refractivity contribution in [1.82, 2.24) is 19.8 Å². The quantitative estimate of drug-likeness (QED) is 0.518. The maximum absolute atomic E-state index is 12.8. The number of hydrogen-bond donors (Lipinski definition) is 1. The number of ether oxygens (including phenoxy) is 2. The highest BCUT2D eigenvalue weighted by Gasteiger charge is 2.23. The van der Waals surface area contributed by atoms with Crippen molar-refractivity contribution in [1.29, 1.82) is 0 Å². The van der Waals surface area contributed by atoms with E-state index >= 15 is 0 Å². The molecule has 10 nitrogen and oxygen atoms in total. The van der Waals surface area contributed by atoms with Crippen molar-refractivity contribution in [2.24, 2.45) is 13.0 Å². The topological polar surface area (TPSA) is 130 Å². The van der Waals surface area contributed by atoms with Crippen LogP contribution in [0.2, 0.25) is 0 Å². The average Bonchev–Trinajstić information content (AvgIpc) is 3.22. The molecule has 3 aromatic rings. The lowest BCUT2D eigenvalue weighted by Crippen LogP contribution is -2.49. The van der Waals surface area contributed by atoms with Crippen molar-refractivity contribution in [3.8, 4) is 16.9 Å². The summed E-state index contributed by atoms with van der Waals surface area (Å²) in [4.78, 5) is 28.3. The van der Waals surface area contributed by atoms with Crippen molar-refractivity contribution in [2.45, 2.75) is 26.4 Å². The molecule has 0 amide bonds. The van der Waals surface area contributed by atoms with Crippen molar-refractivity contribution in [2.75, 3.05) is 39.5 Å². The van der Waals surface area contributed by atoms with E-state index in [1.807, 2.05) is 18.3 Å². The molecule has 0 spiro atoms. The summed E-state index contributed by atoms with van der Waals surface area (Å²) in [5.41, 5.74) is 2.24. The number of fused-ring (bicyclic) bond motifs is 1. The van der Waals surface area contributed by atoms with Crippen molar-refractivity contribution >= 4 is 17.3 Å². The van der Waals surface area contributed by atoms with E-state index in [0.717, 1.165) is 56.0 Å². The van der Waals surface area contributed by atoms with Gasteiger partial charge >= 0.3 is 0 Å². The van der Waals surface area contributed by atoms with Crippen molar-refractivity contribution < 1.29 is 24.2 Å². The molecule has 10 heteroatoms. The maximum atomic E-state index is 12.8. The first kappa shape index (κ1) is 26.6. The molecule has 5 rings (SSSR count). The minimum Gasteiger partial charge on any atom is -0.491 e.